The normalized spacial score (nSPS) is 13.6. The van der Waals surface area contributed by atoms with Gasteiger partial charge in [-0.2, -0.15) is 0 Å². The van der Waals surface area contributed by atoms with Crippen LogP contribution in [0.25, 0.3) is 0 Å². The minimum Gasteiger partial charge on any atom is -0.444 e. The van der Waals surface area contributed by atoms with E-state index in [2.05, 4.69) is 10.6 Å². The average Bonchev–Trinajstić information content (AvgIpc) is 2.52. The van der Waals surface area contributed by atoms with E-state index in [9.17, 15) is 19.2 Å². The van der Waals surface area contributed by atoms with Gasteiger partial charge in [-0.1, -0.05) is 13.8 Å². The van der Waals surface area contributed by atoms with Crippen LogP contribution in [-0.2, 0) is 19.1 Å². The van der Waals surface area contributed by atoms with Crippen LogP contribution >= 0.6 is 11.6 Å². The van der Waals surface area contributed by atoms with Crippen molar-refractivity contribution in [3.8, 4) is 0 Å². The second-order valence-corrected chi connectivity index (χ2v) is 8.26. The third kappa shape index (κ3) is 11.6. The molecule has 7 nitrogen and oxygen atoms in total. The third-order valence-electron chi connectivity index (χ3n) is 3.82. The SMILES string of the molecule is CC(=O)C[C@H](C(=O)N[C@@H](CCCNC(=O)OC(C)(C)C)C(=O)CCl)C(C)C. The van der Waals surface area contributed by atoms with Crippen molar-refractivity contribution in [2.45, 2.75) is 72.4 Å². The van der Waals surface area contributed by atoms with Crippen molar-refractivity contribution in [1.29, 1.82) is 0 Å². The number of rotatable bonds is 11. The molecule has 27 heavy (non-hydrogen) atoms. The van der Waals surface area contributed by atoms with Crippen LogP contribution in [-0.4, -0.2) is 47.6 Å². The molecule has 0 bridgehead atoms. The number of ketones is 2. The Morgan fingerprint density at radius 2 is 1.70 bits per heavy atom. The fraction of sp³-hybridized carbons (Fsp3) is 0.789. The van der Waals surface area contributed by atoms with Crippen molar-refractivity contribution in [2.24, 2.45) is 11.8 Å². The number of hydrogen-bond donors (Lipinski definition) is 2. The summed E-state index contributed by atoms with van der Waals surface area (Å²) in [6.07, 6.45) is 0.392. The van der Waals surface area contributed by atoms with Gasteiger partial charge >= 0.3 is 6.09 Å². The maximum atomic E-state index is 12.5. The van der Waals surface area contributed by atoms with Crippen LogP contribution in [0.2, 0.25) is 0 Å². The maximum Gasteiger partial charge on any atom is 0.407 e. The van der Waals surface area contributed by atoms with Crippen LogP contribution in [0.5, 0.6) is 0 Å². The van der Waals surface area contributed by atoms with Crippen LogP contribution in [0.15, 0.2) is 0 Å². The highest BCUT2D eigenvalue weighted by atomic mass is 35.5. The van der Waals surface area contributed by atoms with Crippen molar-refractivity contribution in [1.82, 2.24) is 10.6 Å². The van der Waals surface area contributed by atoms with E-state index >= 15 is 0 Å². The summed E-state index contributed by atoms with van der Waals surface area (Å²) >= 11 is 5.65. The Morgan fingerprint density at radius 3 is 2.15 bits per heavy atom. The molecule has 0 radical (unpaired) electrons. The Morgan fingerprint density at radius 1 is 1.11 bits per heavy atom. The Hall–Kier alpha value is -1.63. The van der Waals surface area contributed by atoms with Crippen LogP contribution in [0, 0.1) is 11.8 Å². The standard InChI is InChI=1S/C19H33ClN2O5/c1-12(2)14(10-13(3)23)17(25)22-15(16(24)11-20)8-7-9-21-18(26)27-19(4,5)6/h12,14-15H,7-11H2,1-6H3,(H,21,26)(H,22,25)/t14-,15-/m0/s1. The number of halogens is 1. The molecule has 0 aliphatic rings. The number of hydrogen-bond acceptors (Lipinski definition) is 5. The predicted molar refractivity (Wildman–Crippen MR) is 105 cm³/mol. The molecule has 0 fully saturated rings. The number of nitrogens with one attached hydrogen (secondary N) is 2. The first kappa shape index (κ1) is 25.4. The van der Waals surface area contributed by atoms with Gasteiger partial charge in [-0.05, 0) is 46.5 Å². The zero-order valence-corrected chi connectivity index (χ0v) is 17.9. The van der Waals surface area contributed by atoms with E-state index < -0.39 is 23.7 Å². The van der Waals surface area contributed by atoms with Crippen LogP contribution in [0.4, 0.5) is 4.79 Å². The molecule has 0 rings (SSSR count). The quantitative estimate of drug-likeness (QED) is 0.407. The molecule has 8 heteroatoms. The number of carbonyl (C=O) groups excluding carboxylic acids is 4. The van der Waals surface area contributed by atoms with Crippen LogP contribution < -0.4 is 10.6 Å². The zero-order chi connectivity index (χ0) is 21.2. The maximum absolute atomic E-state index is 12.5. The van der Waals surface area contributed by atoms with E-state index in [1.807, 2.05) is 13.8 Å². The zero-order valence-electron chi connectivity index (χ0n) is 17.2. The molecule has 0 spiro atoms. The minimum atomic E-state index is -0.747. The van der Waals surface area contributed by atoms with Crippen molar-refractivity contribution >= 4 is 35.2 Å². The van der Waals surface area contributed by atoms with Crippen LogP contribution in [0.3, 0.4) is 0 Å². The molecule has 0 heterocycles. The second-order valence-electron chi connectivity index (χ2n) is 7.99. The van der Waals surface area contributed by atoms with Crippen molar-refractivity contribution in [3.63, 3.8) is 0 Å². The molecule has 0 aromatic heterocycles. The lowest BCUT2D eigenvalue weighted by molar-refractivity contribution is -0.133. The number of carbonyl (C=O) groups is 4. The average molecular weight is 405 g/mol. The van der Waals surface area contributed by atoms with Gasteiger partial charge in [0.2, 0.25) is 5.91 Å². The summed E-state index contributed by atoms with van der Waals surface area (Å²) < 4.78 is 5.13. The van der Waals surface area contributed by atoms with Gasteiger partial charge in [0, 0.05) is 18.9 Å². The molecular formula is C19H33ClN2O5. The van der Waals surface area contributed by atoms with E-state index in [1.165, 1.54) is 6.92 Å². The van der Waals surface area contributed by atoms with Crippen LogP contribution in [0.1, 0.15) is 60.8 Å². The van der Waals surface area contributed by atoms with Gasteiger partial charge in [0.25, 0.3) is 0 Å². The van der Waals surface area contributed by atoms with Gasteiger partial charge in [0.05, 0.1) is 11.9 Å². The lowest BCUT2D eigenvalue weighted by atomic mass is 9.89. The van der Waals surface area contributed by atoms with Gasteiger partial charge in [0.15, 0.2) is 5.78 Å². The highest BCUT2D eigenvalue weighted by molar-refractivity contribution is 6.28. The minimum absolute atomic E-state index is 0.0329. The van der Waals surface area contributed by atoms with Gasteiger partial charge in [-0.25, -0.2) is 4.79 Å². The molecule has 0 aromatic carbocycles. The predicted octanol–water partition coefficient (Wildman–Crippen LogP) is 2.84. The Labute approximate surface area is 166 Å². The monoisotopic (exact) mass is 404 g/mol. The highest BCUT2D eigenvalue weighted by Crippen LogP contribution is 2.17. The summed E-state index contributed by atoms with van der Waals surface area (Å²) in [5, 5.41) is 5.32. The molecule has 2 amide bonds. The molecule has 2 atom stereocenters. The number of amides is 2. The van der Waals surface area contributed by atoms with E-state index in [0.717, 1.165) is 0 Å². The first-order chi connectivity index (χ1) is 12.4. The molecule has 0 unspecified atom stereocenters. The van der Waals surface area contributed by atoms with Crippen molar-refractivity contribution in [3.05, 3.63) is 0 Å². The molecular weight excluding hydrogens is 372 g/mol. The fourth-order valence-corrected chi connectivity index (χ4v) is 2.62. The van der Waals surface area contributed by atoms with Gasteiger partial charge in [0.1, 0.15) is 11.4 Å². The molecule has 2 N–H and O–H groups in total. The summed E-state index contributed by atoms with van der Waals surface area (Å²) in [5.74, 6) is -1.45. The molecule has 0 aromatic rings. The number of alkyl halides is 1. The lowest BCUT2D eigenvalue weighted by Crippen LogP contribution is -2.46. The summed E-state index contributed by atoms with van der Waals surface area (Å²) in [4.78, 5) is 47.6. The van der Waals surface area contributed by atoms with Crippen molar-refractivity contribution in [2.75, 3.05) is 12.4 Å². The highest BCUT2D eigenvalue weighted by Gasteiger charge is 2.28. The fourth-order valence-electron chi connectivity index (χ4n) is 2.44. The molecule has 0 saturated heterocycles. The largest absolute Gasteiger partial charge is 0.444 e. The van der Waals surface area contributed by atoms with Crippen molar-refractivity contribution < 1.29 is 23.9 Å². The third-order valence-corrected chi connectivity index (χ3v) is 4.09. The van der Waals surface area contributed by atoms with E-state index in [-0.39, 0.29) is 35.7 Å². The van der Waals surface area contributed by atoms with E-state index in [4.69, 9.17) is 16.3 Å². The second kappa shape index (κ2) is 12.0. The van der Waals surface area contributed by atoms with E-state index in [0.29, 0.717) is 19.4 Å². The lowest BCUT2D eigenvalue weighted by Gasteiger charge is -2.23. The Bertz CT molecular complexity index is 529. The molecule has 0 saturated carbocycles. The van der Waals surface area contributed by atoms with E-state index in [1.54, 1.807) is 20.8 Å². The summed E-state index contributed by atoms with van der Waals surface area (Å²) in [6, 6.07) is -0.747. The summed E-state index contributed by atoms with van der Waals surface area (Å²) in [5.41, 5.74) is -0.586. The van der Waals surface area contributed by atoms with Gasteiger partial charge in [-0.3, -0.25) is 9.59 Å². The first-order valence-electron chi connectivity index (χ1n) is 9.22. The summed E-state index contributed by atoms with van der Waals surface area (Å²) in [7, 11) is 0. The van der Waals surface area contributed by atoms with Gasteiger partial charge in [-0.15, -0.1) is 11.6 Å². The molecule has 156 valence electrons. The Kier molecular flexibility index (Phi) is 11.2. The first-order valence-corrected chi connectivity index (χ1v) is 9.76. The smallest absolute Gasteiger partial charge is 0.407 e. The van der Waals surface area contributed by atoms with Gasteiger partial charge < -0.3 is 20.2 Å². The molecule has 0 aliphatic carbocycles. The molecule has 0 aliphatic heterocycles. The number of Topliss-reactive ketones (excluding diaryl/α,β-unsaturated/α-hetero) is 2. The topological polar surface area (TPSA) is 102 Å². The summed E-state index contributed by atoms with van der Waals surface area (Å²) in [6.45, 7) is 10.8. The number of ether oxygens (including phenoxy) is 1. The Balaban J connectivity index is 4.67. The number of alkyl carbamates (subject to hydrolysis) is 1.